The van der Waals surface area contributed by atoms with Gasteiger partial charge in [-0.15, -0.1) is 11.3 Å². The van der Waals surface area contributed by atoms with Gasteiger partial charge in [0.1, 0.15) is 24.1 Å². The van der Waals surface area contributed by atoms with Crippen molar-refractivity contribution in [3.63, 3.8) is 0 Å². The predicted molar refractivity (Wildman–Crippen MR) is 123 cm³/mol. The Hall–Kier alpha value is -3.50. The molecule has 4 aromatic rings. The fourth-order valence-corrected chi connectivity index (χ4v) is 4.66. The summed E-state index contributed by atoms with van der Waals surface area (Å²) < 4.78 is 18.9. The predicted octanol–water partition coefficient (Wildman–Crippen LogP) is 3.92. The van der Waals surface area contributed by atoms with Gasteiger partial charge in [0, 0.05) is 18.2 Å². The summed E-state index contributed by atoms with van der Waals surface area (Å²) in [5, 5.41) is 9.76. The normalized spacial score (nSPS) is 12.4. The highest BCUT2D eigenvalue weighted by Crippen LogP contribution is 2.35. The molecule has 33 heavy (non-hydrogen) atoms. The zero-order valence-corrected chi connectivity index (χ0v) is 19.2. The van der Waals surface area contributed by atoms with E-state index in [-0.39, 0.29) is 11.6 Å². The van der Waals surface area contributed by atoms with Crippen LogP contribution in [-0.4, -0.2) is 38.8 Å². The number of rotatable bonds is 9. The highest BCUT2D eigenvalue weighted by molar-refractivity contribution is 7.21. The van der Waals surface area contributed by atoms with Crippen molar-refractivity contribution in [1.29, 1.82) is 0 Å². The van der Waals surface area contributed by atoms with Crippen LogP contribution in [0, 0.1) is 0 Å². The van der Waals surface area contributed by atoms with Gasteiger partial charge in [-0.3, -0.25) is 9.59 Å². The number of para-hydroxylation sites is 1. The first kappa shape index (κ1) is 22.7. The SMILES string of the molecule is COc1ccccc1[C@H](Cc1cn(CC(=O)O)c(=O)c2nc(-c3ncco3)sc12)OC(C)C. The maximum absolute atomic E-state index is 13.0. The largest absolute Gasteiger partial charge is 0.496 e. The maximum Gasteiger partial charge on any atom is 0.323 e. The van der Waals surface area contributed by atoms with Crippen molar-refractivity contribution in [1.82, 2.24) is 14.5 Å². The van der Waals surface area contributed by atoms with Crippen LogP contribution < -0.4 is 10.3 Å². The minimum atomic E-state index is -1.12. The first-order chi connectivity index (χ1) is 15.9. The average Bonchev–Trinajstić information content (AvgIpc) is 3.46. The maximum atomic E-state index is 13.0. The molecule has 3 aromatic heterocycles. The van der Waals surface area contributed by atoms with Gasteiger partial charge in [-0.25, -0.2) is 9.97 Å². The lowest BCUT2D eigenvalue weighted by Gasteiger charge is -2.23. The lowest BCUT2D eigenvalue weighted by molar-refractivity contribution is -0.137. The highest BCUT2D eigenvalue weighted by atomic mass is 32.1. The van der Waals surface area contributed by atoms with E-state index < -0.39 is 24.2 Å². The molecule has 10 heteroatoms. The first-order valence-electron chi connectivity index (χ1n) is 10.3. The molecule has 0 fully saturated rings. The number of oxazole rings is 1. The molecule has 1 aromatic carbocycles. The standard InChI is InChI=1S/C23H23N3O6S/c1-13(2)32-17(15-6-4-5-7-16(15)30-3)10-14-11-26(12-18(27)28)23(29)19-20(14)33-22(25-19)21-24-8-9-31-21/h4-9,11,13,17H,10,12H2,1-3H3,(H,27,28)/t17-/m0/s1. The smallest absolute Gasteiger partial charge is 0.323 e. The molecule has 0 saturated carbocycles. The van der Waals surface area contributed by atoms with E-state index >= 15 is 0 Å². The Morgan fingerprint density at radius 3 is 2.76 bits per heavy atom. The third-order valence-electron chi connectivity index (χ3n) is 4.94. The second-order valence-corrected chi connectivity index (χ2v) is 8.63. The minimum Gasteiger partial charge on any atom is -0.496 e. The molecule has 0 radical (unpaired) electrons. The van der Waals surface area contributed by atoms with Gasteiger partial charge in [0.25, 0.3) is 11.4 Å². The van der Waals surface area contributed by atoms with E-state index in [1.807, 2.05) is 38.1 Å². The Morgan fingerprint density at radius 1 is 1.30 bits per heavy atom. The summed E-state index contributed by atoms with van der Waals surface area (Å²) in [6.45, 7) is 3.41. The number of methoxy groups -OCH3 is 1. The first-order valence-corrected chi connectivity index (χ1v) is 11.1. The van der Waals surface area contributed by atoms with Gasteiger partial charge in [0.2, 0.25) is 0 Å². The number of carbonyl (C=O) groups is 1. The summed E-state index contributed by atoms with van der Waals surface area (Å²) >= 11 is 1.27. The molecule has 1 N–H and O–H groups in total. The monoisotopic (exact) mass is 469 g/mol. The van der Waals surface area contributed by atoms with E-state index in [1.54, 1.807) is 13.3 Å². The molecule has 0 unspecified atom stereocenters. The van der Waals surface area contributed by atoms with Crippen LogP contribution >= 0.6 is 11.3 Å². The fraction of sp³-hybridized carbons (Fsp3) is 0.304. The van der Waals surface area contributed by atoms with Crippen molar-refractivity contribution in [2.24, 2.45) is 0 Å². The van der Waals surface area contributed by atoms with Crippen LogP contribution in [0.5, 0.6) is 5.75 Å². The van der Waals surface area contributed by atoms with Gasteiger partial charge in [-0.2, -0.15) is 0 Å². The number of carboxylic acid groups (broad SMARTS) is 1. The van der Waals surface area contributed by atoms with Crippen molar-refractivity contribution in [3.8, 4) is 16.6 Å². The molecular weight excluding hydrogens is 446 g/mol. The zero-order valence-electron chi connectivity index (χ0n) is 18.3. The third-order valence-corrected chi connectivity index (χ3v) is 6.06. The van der Waals surface area contributed by atoms with Crippen molar-refractivity contribution >= 4 is 27.5 Å². The molecule has 0 spiro atoms. The molecule has 172 valence electrons. The van der Waals surface area contributed by atoms with Gasteiger partial charge in [0.05, 0.1) is 30.2 Å². The molecule has 3 heterocycles. The molecular formula is C23H23N3O6S. The van der Waals surface area contributed by atoms with E-state index in [1.165, 1.54) is 23.8 Å². The number of nitrogens with zero attached hydrogens (tertiary/aromatic N) is 3. The van der Waals surface area contributed by atoms with Gasteiger partial charge < -0.3 is 23.6 Å². The Balaban J connectivity index is 1.87. The number of hydrogen-bond donors (Lipinski definition) is 1. The number of fused-ring (bicyclic) bond motifs is 1. The summed E-state index contributed by atoms with van der Waals surface area (Å²) in [6.07, 6.45) is 4.40. The van der Waals surface area contributed by atoms with Crippen LogP contribution in [0.1, 0.15) is 31.1 Å². The lowest BCUT2D eigenvalue weighted by atomic mass is 10.0. The van der Waals surface area contributed by atoms with Crippen LogP contribution in [0.4, 0.5) is 0 Å². The average molecular weight is 470 g/mol. The Labute approximate surface area is 193 Å². The molecule has 0 aliphatic carbocycles. The van der Waals surface area contributed by atoms with E-state index in [2.05, 4.69) is 9.97 Å². The van der Waals surface area contributed by atoms with Crippen LogP contribution in [0.2, 0.25) is 0 Å². The Bertz CT molecular complexity index is 1330. The van der Waals surface area contributed by atoms with E-state index in [4.69, 9.17) is 13.9 Å². The molecule has 4 rings (SSSR count). The van der Waals surface area contributed by atoms with Crippen molar-refractivity contribution < 1.29 is 23.8 Å². The highest BCUT2D eigenvalue weighted by Gasteiger charge is 2.24. The lowest BCUT2D eigenvalue weighted by Crippen LogP contribution is -2.25. The molecule has 0 aliphatic rings. The number of carboxylic acids is 1. The Morgan fingerprint density at radius 2 is 2.09 bits per heavy atom. The van der Waals surface area contributed by atoms with Gasteiger partial charge >= 0.3 is 5.97 Å². The number of aliphatic carboxylic acids is 1. The number of thiazole rings is 1. The van der Waals surface area contributed by atoms with Crippen LogP contribution in [-0.2, 0) is 22.5 Å². The number of pyridine rings is 1. The quantitative estimate of drug-likeness (QED) is 0.392. The van der Waals surface area contributed by atoms with Crippen molar-refractivity contribution in [3.05, 3.63) is 64.4 Å². The summed E-state index contributed by atoms with van der Waals surface area (Å²) in [4.78, 5) is 32.9. The van der Waals surface area contributed by atoms with Crippen molar-refractivity contribution in [2.75, 3.05) is 7.11 Å². The van der Waals surface area contributed by atoms with Crippen LogP contribution in [0.3, 0.4) is 0 Å². The number of aromatic nitrogens is 3. The zero-order chi connectivity index (χ0) is 23.5. The number of ether oxygens (including phenoxy) is 2. The molecule has 0 bridgehead atoms. The van der Waals surface area contributed by atoms with Crippen LogP contribution in [0.15, 0.2) is 52.1 Å². The second kappa shape index (κ2) is 9.55. The number of benzene rings is 1. The summed E-state index contributed by atoms with van der Waals surface area (Å²) in [6, 6.07) is 7.58. The molecule has 0 aliphatic heterocycles. The third kappa shape index (κ3) is 4.81. The molecule has 9 nitrogen and oxygen atoms in total. The molecule has 1 atom stereocenters. The summed E-state index contributed by atoms with van der Waals surface area (Å²) in [5.74, 6) is -0.140. The summed E-state index contributed by atoms with van der Waals surface area (Å²) in [7, 11) is 1.60. The van der Waals surface area contributed by atoms with E-state index in [9.17, 15) is 14.7 Å². The summed E-state index contributed by atoms with van der Waals surface area (Å²) in [5.41, 5.74) is 1.28. The fourth-order valence-electron chi connectivity index (χ4n) is 3.65. The topological polar surface area (TPSA) is 117 Å². The Kier molecular flexibility index (Phi) is 6.57. The van der Waals surface area contributed by atoms with E-state index in [0.717, 1.165) is 15.7 Å². The minimum absolute atomic E-state index is 0.0790. The number of hydrogen-bond acceptors (Lipinski definition) is 8. The van der Waals surface area contributed by atoms with Crippen LogP contribution in [0.25, 0.3) is 21.1 Å². The molecule has 0 amide bonds. The van der Waals surface area contributed by atoms with Gasteiger partial charge in [-0.05, 0) is 25.5 Å². The van der Waals surface area contributed by atoms with Crippen molar-refractivity contribution in [2.45, 2.75) is 39.0 Å². The van der Waals surface area contributed by atoms with Gasteiger partial charge in [0.15, 0.2) is 5.01 Å². The molecule has 0 saturated heterocycles. The van der Waals surface area contributed by atoms with E-state index in [0.29, 0.717) is 27.8 Å². The second-order valence-electron chi connectivity index (χ2n) is 7.63. The van der Waals surface area contributed by atoms with Gasteiger partial charge in [-0.1, -0.05) is 18.2 Å².